The molecule has 0 bridgehead atoms. The van der Waals surface area contributed by atoms with E-state index in [0.29, 0.717) is 11.4 Å². The molecule has 0 aliphatic rings. The second kappa shape index (κ2) is 7.79. The molecule has 0 aliphatic heterocycles. The molecule has 2 radical (unpaired) electrons. The van der Waals surface area contributed by atoms with Crippen molar-refractivity contribution in [2.45, 2.75) is 4.90 Å². The second-order valence-electron chi connectivity index (χ2n) is 4.82. The van der Waals surface area contributed by atoms with Gasteiger partial charge in [0.15, 0.2) is 0 Å². The summed E-state index contributed by atoms with van der Waals surface area (Å²) in [5, 5.41) is 19.7. The minimum atomic E-state index is -4.23. The quantitative estimate of drug-likeness (QED) is 0.349. The number of phenolic OH excluding ortho intramolecular Hbond substituents is 1. The van der Waals surface area contributed by atoms with E-state index < -0.39 is 10.1 Å². The molecule has 6 nitrogen and oxygen atoms in total. The Morgan fingerprint density at radius 2 is 1.50 bits per heavy atom. The molecule has 3 aromatic rings. The van der Waals surface area contributed by atoms with Gasteiger partial charge in [-0.15, -0.1) is 5.11 Å². The van der Waals surface area contributed by atoms with Crippen molar-refractivity contribution in [2.24, 2.45) is 10.2 Å². The van der Waals surface area contributed by atoms with Gasteiger partial charge in [-0.05, 0) is 35.7 Å². The van der Waals surface area contributed by atoms with Crippen LogP contribution in [0.3, 0.4) is 0 Å². The summed E-state index contributed by atoms with van der Waals surface area (Å²) in [5.74, 6) is 0.00186. The number of rotatable bonds is 3. The molecule has 0 amide bonds. The minimum Gasteiger partial charge on any atom is -0.506 e. The SMILES string of the molecule is O=S(=O)(O)c1ccc(N=Nc2c(O)ccc3ccccc23)cc1.[Ba]. The molecule has 0 heterocycles. The summed E-state index contributed by atoms with van der Waals surface area (Å²) >= 11 is 0. The van der Waals surface area contributed by atoms with E-state index in [1.54, 1.807) is 6.07 Å². The molecule has 0 saturated heterocycles. The van der Waals surface area contributed by atoms with Crippen molar-refractivity contribution in [3.05, 3.63) is 60.7 Å². The first kappa shape index (κ1) is 19.1. The predicted molar refractivity (Wildman–Crippen MR) is 91.8 cm³/mol. The van der Waals surface area contributed by atoms with E-state index in [4.69, 9.17) is 4.55 Å². The average molecular weight is 466 g/mol. The molecule has 0 fully saturated rings. The van der Waals surface area contributed by atoms with Gasteiger partial charge in [0.2, 0.25) is 0 Å². The third-order valence-corrected chi connectivity index (χ3v) is 4.15. The Balaban J connectivity index is 0.00000208. The van der Waals surface area contributed by atoms with E-state index in [1.807, 2.05) is 24.3 Å². The minimum absolute atomic E-state index is 0. The number of aromatic hydroxyl groups is 1. The molecule has 3 rings (SSSR count). The Bertz CT molecular complexity index is 1000. The number of azo groups is 1. The maximum atomic E-state index is 11.0. The first-order valence-electron chi connectivity index (χ1n) is 6.65. The third-order valence-electron chi connectivity index (χ3n) is 3.28. The van der Waals surface area contributed by atoms with Gasteiger partial charge in [0, 0.05) is 54.3 Å². The van der Waals surface area contributed by atoms with Gasteiger partial charge in [0.1, 0.15) is 11.4 Å². The van der Waals surface area contributed by atoms with Crippen molar-refractivity contribution < 1.29 is 18.1 Å². The maximum absolute atomic E-state index is 11.0. The second-order valence-corrected chi connectivity index (χ2v) is 6.24. The predicted octanol–water partition coefficient (Wildman–Crippen LogP) is 3.83. The molecule has 24 heavy (non-hydrogen) atoms. The van der Waals surface area contributed by atoms with Crippen molar-refractivity contribution in [2.75, 3.05) is 0 Å². The van der Waals surface area contributed by atoms with Crippen LogP contribution in [0.2, 0.25) is 0 Å². The fourth-order valence-electron chi connectivity index (χ4n) is 2.14. The van der Waals surface area contributed by atoms with E-state index in [-0.39, 0.29) is 59.5 Å². The Kier molecular flexibility index (Phi) is 6.21. The molecule has 0 atom stereocenters. The molecule has 0 spiro atoms. The fraction of sp³-hybridized carbons (Fsp3) is 0. The van der Waals surface area contributed by atoms with Crippen LogP contribution in [0.1, 0.15) is 0 Å². The molecule has 3 aromatic carbocycles. The zero-order valence-electron chi connectivity index (χ0n) is 12.5. The number of fused-ring (bicyclic) bond motifs is 1. The van der Waals surface area contributed by atoms with Gasteiger partial charge >= 0.3 is 0 Å². The summed E-state index contributed by atoms with van der Waals surface area (Å²) in [4.78, 5) is -0.218. The van der Waals surface area contributed by atoms with Crippen molar-refractivity contribution in [3.8, 4) is 5.75 Å². The summed E-state index contributed by atoms with van der Waals surface area (Å²) in [5.41, 5.74) is 0.728. The van der Waals surface area contributed by atoms with Crippen molar-refractivity contribution >= 4 is 81.1 Å². The van der Waals surface area contributed by atoms with Crippen molar-refractivity contribution in [1.29, 1.82) is 0 Å². The van der Waals surface area contributed by atoms with Crippen LogP contribution in [0.4, 0.5) is 11.4 Å². The van der Waals surface area contributed by atoms with Crippen molar-refractivity contribution in [1.82, 2.24) is 0 Å². The van der Waals surface area contributed by atoms with Crippen LogP contribution in [-0.2, 0) is 10.1 Å². The summed E-state index contributed by atoms with van der Waals surface area (Å²) < 4.78 is 30.9. The normalized spacial score (nSPS) is 11.5. The van der Waals surface area contributed by atoms with E-state index in [2.05, 4.69) is 10.2 Å². The molecule has 0 unspecified atom stereocenters. The molecule has 0 saturated carbocycles. The number of benzene rings is 3. The first-order valence-corrected chi connectivity index (χ1v) is 8.09. The molecule has 0 aliphatic carbocycles. The smallest absolute Gasteiger partial charge is 0.294 e. The van der Waals surface area contributed by atoms with E-state index >= 15 is 0 Å². The zero-order valence-corrected chi connectivity index (χ0v) is 17.8. The van der Waals surface area contributed by atoms with Gasteiger partial charge in [-0.3, -0.25) is 4.55 Å². The van der Waals surface area contributed by atoms with Gasteiger partial charge in [-0.1, -0.05) is 30.3 Å². The maximum Gasteiger partial charge on any atom is 0.294 e. The van der Waals surface area contributed by atoms with E-state index in [9.17, 15) is 13.5 Å². The molecular formula is C16H12BaN2O4S. The summed E-state index contributed by atoms with van der Waals surface area (Å²) in [7, 11) is -4.23. The summed E-state index contributed by atoms with van der Waals surface area (Å²) in [6, 6.07) is 16.0. The van der Waals surface area contributed by atoms with Gasteiger partial charge in [0.25, 0.3) is 10.1 Å². The van der Waals surface area contributed by atoms with Crippen LogP contribution in [-0.4, -0.2) is 67.0 Å². The molecule has 2 N–H and O–H groups in total. The monoisotopic (exact) mass is 466 g/mol. The summed E-state index contributed by atoms with van der Waals surface area (Å²) in [6.45, 7) is 0. The number of hydrogen-bond donors (Lipinski definition) is 2. The number of nitrogens with zero attached hydrogens (tertiary/aromatic N) is 2. The largest absolute Gasteiger partial charge is 0.506 e. The third kappa shape index (κ3) is 4.25. The molecule has 8 heteroatoms. The Hall–Kier alpha value is -1.20. The summed E-state index contributed by atoms with van der Waals surface area (Å²) in [6.07, 6.45) is 0. The van der Waals surface area contributed by atoms with Gasteiger partial charge in [0.05, 0.1) is 10.6 Å². The molecule has 0 aromatic heterocycles. The van der Waals surface area contributed by atoms with Crippen LogP contribution in [0, 0.1) is 0 Å². The Morgan fingerprint density at radius 1 is 0.833 bits per heavy atom. The fourth-order valence-corrected chi connectivity index (χ4v) is 2.62. The van der Waals surface area contributed by atoms with Crippen LogP contribution in [0.25, 0.3) is 10.8 Å². The van der Waals surface area contributed by atoms with Crippen molar-refractivity contribution in [3.63, 3.8) is 0 Å². The number of hydrogen-bond acceptors (Lipinski definition) is 5. The van der Waals surface area contributed by atoms with Gasteiger partial charge in [-0.25, -0.2) is 0 Å². The Morgan fingerprint density at radius 3 is 2.17 bits per heavy atom. The Labute approximate surface area is 179 Å². The van der Waals surface area contributed by atoms with Crippen LogP contribution >= 0.6 is 0 Å². The van der Waals surface area contributed by atoms with Gasteiger partial charge in [-0.2, -0.15) is 13.5 Å². The molecule has 118 valence electrons. The van der Waals surface area contributed by atoms with E-state index in [0.717, 1.165) is 10.8 Å². The van der Waals surface area contributed by atoms with Gasteiger partial charge < -0.3 is 5.11 Å². The molecular weight excluding hydrogens is 454 g/mol. The van der Waals surface area contributed by atoms with Crippen LogP contribution < -0.4 is 0 Å². The zero-order chi connectivity index (χ0) is 16.4. The first-order chi connectivity index (χ1) is 10.9. The van der Waals surface area contributed by atoms with E-state index in [1.165, 1.54) is 30.3 Å². The standard InChI is InChI=1S/C16H12N2O4S.Ba/c19-15-10-5-11-3-1-2-4-14(11)16(15)18-17-12-6-8-13(9-7-12)23(20,21)22;/h1-10,19H,(H,20,21,22);. The van der Waals surface area contributed by atoms with Crippen LogP contribution in [0.15, 0.2) is 75.8 Å². The number of phenols is 1. The topological polar surface area (TPSA) is 99.3 Å². The van der Waals surface area contributed by atoms with Crippen LogP contribution in [0.5, 0.6) is 5.75 Å². The average Bonchev–Trinajstić information content (AvgIpc) is 2.53.